The average molecular weight is 369 g/mol. The molecule has 10 heteroatoms. The van der Waals surface area contributed by atoms with E-state index in [4.69, 9.17) is 4.74 Å². The van der Waals surface area contributed by atoms with Crippen molar-refractivity contribution in [2.45, 2.75) is 18.7 Å². The number of nitrogens with one attached hydrogen (secondary N) is 2. The van der Waals surface area contributed by atoms with Gasteiger partial charge in [-0.1, -0.05) is 0 Å². The Labute approximate surface area is 142 Å². The van der Waals surface area contributed by atoms with Crippen molar-refractivity contribution in [3.8, 4) is 0 Å². The van der Waals surface area contributed by atoms with Crippen LogP contribution in [0.5, 0.6) is 0 Å². The number of rotatable bonds is 6. The van der Waals surface area contributed by atoms with E-state index in [0.717, 1.165) is 11.3 Å². The first-order valence-electron chi connectivity index (χ1n) is 6.85. The largest absolute Gasteiger partial charge is 0.461 e. The number of aromatic nitrogens is 1. The zero-order valence-corrected chi connectivity index (χ0v) is 14.5. The quantitative estimate of drug-likeness (QED) is 0.754. The maximum atomic E-state index is 12.3. The first-order chi connectivity index (χ1) is 11.3. The molecule has 1 aromatic carbocycles. The average Bonchev–Trinajstić information content (AvgIpc) is 2.95. The number of carbonyl (C=O) groups is 2. The standard InChI is InChI=1S/C14H15N3O5S2/c1-3-22-13(19)12-8-23-14(16-12)17-24(20,21)11-6-4-10(5-7-11)15-9(2)18/h4-8H,3H2,1-2H3,(H,15,18)(H,16,17). The van der Waals surface area contributed by atoms with E-state index in [1.807, 2.05) is 0 Å². The van der Waals surface area contributed by atoms with Gasteiger partial charge in [0.2, 0.25) is 5.91 Å². The molecule has 1 amide bonds. The number of amides is 1. The highest BCUT2D eigenvalue weighted by molar-refractivity contribution is 7.93. The van der Waals surface area contributed by atoms with E-state index in [1.165, 1.54) is 36.6 Å². The molecular formula is C14H15N3O5S2. The summed E-state index contributed by atoms with van der Waals surface area (Å²) in [5.74, 6) is -0.864. The van der Waals surface area contributed by atoms with Crippen LogP contribution in [-0.4, -0.2) is 31.9 Å². The van der Waals surface area contributed by atoms with Gasteiger partial charge >= 0.3 is 5.97 Å². The van der Waals surface area contributed by atoms with Crippen LogP contribution in [0.1, 0.15) is 24.3 Å². The van der Waals surface area contributed by atoms with Crippen LogP contribution in [0.15, 0.2) is 34.5 Å². The molecule has 1 heterocycles. The number of hydrogen-bond donors (Lipinski definition) is 2. The van der Waals surface area contributed by atoms with Crippen LogP contribution < -0.4 is 10.0 Å². The molecular weight excluding hydrogens is 354 g/mol. The van der Waals surface area contributed by atoms with Gasteiger partial charge in [0, 0.05) is 18.0 Å². The third kappa shape index (κ3) is 4.52. The Balaban J connectivity index is 2.13. The fourth-order valence-electron chi connectivity index (χ4n) is 1.71. The number of thiazole rings is 1. The van der Waals surface area contributed by atoms with Crippen LogP contribution in [0, 0.1) is 0 Å². The molecule has 0 aliphatic heterocycles. The molecule has 2 N–H and O–H groups in total. The minimum atomic E-state index is -3.85. The minimum absolute atomic E-state index is 0.00415. The van der Waals surface area contributed by atoms with Gasteiger partial charge in [-0.3, -0.25) is 9.52 Å². The fraction of sp³-hybridized carbons (Fsp3) is 0.214. The Hall–Kier alpha value is -2.46. The fourth-order valence-corrected chi connectivity index (χ4v) is 3.65. The van der Waals surface area contributed by atoms with Crippen molar-refractivity contribution >= 4 is 44.1 Å². The van der Waals surface area contributed by atoms with Crippen molar-refractivity contribution in [3.05, 3.63) is 35.3 Å². The molecule has 0 saturated carbocycles. The number of benzene rings is 1. The zero-order valence-electron chi connectivity index (χ0n) is 12.9. The molecule has 1 aromatic heterocycles. The topological polar surface area (TPSA) is 114 Å². The van der Waals surface area contributed by atoms with Gasteiger partial charge in [0.05, 0.1) is 11.5 Å². The molecule has 2 aromatic rings. The highest BCUT2D eigenvalue weighted by atomic mass is 32.2. The van der Waals surface area contributed by atoms with E-state index in [0.29, 0.717) is 5.69 Å². The van der Waals surface area contributed by atoms with Crippen LogP contribution in [0.25, 0.3) is 0 Å². The van der Waals surface area contributed by atoms with Gasteiger partial charge in [-0.15, -0.1) is 11.3 Å². The van der Waals surface area contributed by atoms with Crippen LogP contribution in [0.4, 0.5) is 10.8 Å². The molecule has 0 radical (unpaired) electrons. The smallest absolute Gasteiger partial charge is 0.357 e. The van der Waals surface area contributed by atoms with Gasteiger partial charge in [-0.2, -0.15) is 0 Å². The van der Waals surface area contributed by atoms with Crippen molar-refractivity contribution in [3.63, 3.8) is 0 Å². The van der Waals surface area contributed by atoms with Crippen LogP contribution >= 0.6 is 11.3 Å². The Morgan fingerprint density at radius 1 is 1.25 bits per heavy atom. The summed E-state index contributed by atoms with van der Waals surface area (Å²) in [6, 6.07) is 5.66. The van der Waals surface area contributed by atoms with Crippen molar-refractivity contribution in [2.24, 2.45) is 0 Å². The predicted molar refractivity (Wildman–Crippen MR) is 89.6 cm³/mol. The van der Waals surface area contributed by atoms with E-state index >= 15 is 0 Å². The summed E-state index contributed by atoms with van der Waals surface area (Å²) in [5, 5.41) is 4.02. The van der Waals surface area contributed by atoms with Crippen LogP contribution in [0.3, 0.4) is 0 Å². The Morgan fingerprint density at radius 3 is 2.50 bits per heavy atom. The van der Waals surface area contributed by atoms with Gasteiger partial charge in [0.15, 0.2) is 10.8 Å². The van der Waals surface area contributed by atoms with Gasteiger partial charge < -0.3 is 10.1 Å². The minimum Gasteiger partial charge on any atom is -0.461 e. The third-order valence-electron chi connectivity index (χ3n) is 2.70. The lowest BCUT2D eigenvalue weighted by molar-refractivity contribution is -0.114. The van der Waals surface area contributed by atoms with Crippen molar-refractivity contribution in [1.29, 1.82) is 0 Å². The molecule has 0 fully saturated rings. The maximum Gasteiger partial charge on any atom is 0.357 e. The third-order valence-corrected chi connectivity index (χ3v) is 4.94. The lowest BCUT2D eigenvalue weighted by atomic mass is 10.3. The van der Waals surface area contributed by atoms with E-state index in [2.05, 4.69) is 15.0 Å². The van der Waals surface area contributed by atoms with E-state index in [1.54, 1.807) is 6.92 Å². The molecule has 128 valence electrons. The number of carbonyl (C=O) groups excluding carboxylic acids is 2. The lowest BCUT2D eigenvalue weighted by Gasteiger charge is -2.06. The highest BCUT2D eigenvalue weighted by Gasteiger charge is 2.18. The Kier molecular flexibility index (Phi) is 5.52. The first-order valence-corrected chi connectivity index (χ1v) is 9.21. The summed E-state index contributed by atoms with van der Waals surface area (Å²) >= 11 is 0.978. The van der Waals surface area contributed by atoms with Crippen LogP contribution in [-0.2, 0) is 19.6 Å². The Morgan fingerprint density at radius 2 is 1.92 bits per heavy atom. The van der Waals surface area contributed by atoms with Crippen LogP contribution in [0.2, 0.25) is 0 Å². The molecule has 0 saturated heterocycles. The molecule has 0 spiro atoms. The van der Waals surface area contributed by atoms with Crippen molar-refractivity contribution in [1.82, 2.24) is 4.98 Å². The molecule has 0 atom stereocenters. The molecule has 8 nitrogen and oxygen atoms in total. The van der Waals surface area contributed by atoms with Gasteiger partial charge in [0.1, 0.15) is 0 Å². The summed E-state index contributed by atoms with van der Waals surface area (Å²) in [4.78, 5) is 26.4. The molecule has 0 aliphatic carbocycles. The number of ether oxygens (including phenoxy) is 1. The second-order valence-electron chi connectivity index (χ2n) is 4.57. The van der Waals surface area contributed by atoms with E-state index < -0.39 is 16.0 Å². The van der Waals surface area contributed by atoms with E-state index in [-0.39, 0.29) is 28.2 Å². The predicted octanol–water partition coefficient (Wildman–Crippen LogP) is 2.08. The molecule has 24 heavy (non-hydrogen) atoms. The lowest BCUT2D eigenvalue weighted by Crippen LogP contribution is -2.13. The summed E-state index contributed by atoms with van der Waals surface area (Å²) in [6.45, 7) is 3.23. The van der Waals surface area contributed by atoms with E-state index in [9.17, 15) is 18.0 Å². The van der Waals surface area contributed by atoms with Gasteiger partial charge in [-0.05, 0) is 31.2 Å². The monoisotopic (exact) mass is 369 g/mol. The van der Waals surface area contributed by atoms with Crippen molar-refractivity contribution < 1.29 is 22.7 Å². The number of anilines is 2. The van der Waals surface area contributed by atoms with Crippen molar-refractivity contribution in [2.75, 3.05) is 16.6 Å². The summed E-state index contributed by atoms with van der Waals surface area (Å²) in [7, 11) is -3.85. The number of nitrogens with zero attached hydrogens (tertiary/aromatic N) is 1. The number of sulfonamides is 1. The molecule has 0 bridgehead atoms. The van der Waals surface area contributed by atoms with Gasteiger partial charge in [-0.25, -0.2) is 18.2 Å². The number of esters is 1. The normalized spacial score (nSPS) is 10.9. The molecule has 0 aliphatic rings. The SMILES string of the molecule is CCOC(=O)c1csc(NS(=O)(=O)c2ccc(NC(C)=O)cc2)n1. The molecule has 0 unspecified atom stereocenters. The van der Waals surface area contributed by atoms with Gasteiger partial charge in [0.25, 0.3) is 10.0 Å². The second kappa shape index (κ2) is 7.41. The summed E-state index contributed by atoms with van der Waals surface area (Å²) < 4.78 is 31.7. The Bertz CT molecular complexity index is 844. The summed E-state index contributed by atoms with van der Waals surface area (Å²) in [5.41, 5.74) is 0.529. The molecule has 2 rings (SSSR count). The maximum absolute atomic E-state index is 12.3. The number of hydrogen-bond acceptors (Lipinski definition) is 7. The highest BCUT2D eigenvalue weighted by Crippen LogP contribution is 2.21. The summed E-state index contributed by atoms with van der Waals surface area (Å²) in [6.07, 6.45) is 0. The second-order valence-corrected chi connectivity index (χ2v) is 7.11. The zero-order chi connectivity index (χ0) is 17.7. The first kappa shape index (κ1) is 17.9.